The monoisotopic (exact) mass is 251 g/mol. The Hall–Kier alpha value is -2.82. The average molecular weight is 251 g/mol. The smallest absolute Gasteiger partial charge is 0.335 e. The van der Waals surface area contributed by atoms with Crippen LogP contribution in [-0.2, 0) is 0 Å². The third-order valence-corrected chi connectivity index (χ3v) is 2.74. The van der Waals surface area contributed by atoms with Crippen molar-refractivity contribution in [2.24, 2.45) is 0 Å². The molecule has 3 rings (SSSR count). The van der Waals surface area contributed by atoms with Gasteiger partial charge in [0.05, 0.1) is 17.5 Å². The minimum atomic E-state index is -0.944. The second-order valence-corrected chi connectivity index (χ2v) is 3.98. The lowest BCUT2D eigenvalue weighted by atomic mass is 10.1. The molecule has 5 nitrogen and oxygen atoms in total. The Bertz CT molecular complexity index is 754. The first-order chi connectivity index (χ1) is 9.24. The number of fused-ring (bicyclic) bond motifs is 1. The Balaban J connectivity index is 2.06. The van der Waals surface area contributed by atoms with E-state index in [1.807, 2.05) is 6.07 Å². The molecule has 1 N–H and O–H groups in total. The van der Waals surface area contributed by atoms with Crippen molar-refractivity contribution in [2.45, 2.75) is 0 Å². The molecule has 0 aliphatic heterocycles. The lowest BCUT2D eigenvalue weighted by Crippen LogP contribution is -1.95. The Morgan fingerprint density at radius 1 is 1.05 bits per heavy atom. The van der Waals surface area contributed by atoms with Crippen molar-refractivity contribution in [1.29, 1.82) is 0 Å². The van der Waals surface area contributed by atoms with E-state index in [-0.39, 0.29) is 5.56 Å². The maximum Gasteiger partial charge on any atom is 0.335 e. The maximum atomic E-state index is 10.8. The molecule has 0 amide bonds. The molecule has 92 valence electrons. The standard InChI is InChI=1S/C14H9N3O2/c18-14(19)10-5-3-9(4-6-10)12-8-16-13-11(17-12)2-1-7-15-13/h1-8H,(H,18,19). The predicted molar refractivity (Wildman–Crippen MR) is 69.7 cm³/mol. The molecule has 0 atom stereocenters. The minimum absolute atomic E-state index is 0.249. The number of aromatic nitrogens is 3. The normalized spacial score (nSPS) is 10.5. The molecule has 19 heavy (non-hydrogen) atoms. The van der Waals surface area contributed by atoms with Crippen molar-refractivity contribution in [3.63, 3.8) is 0 Å². The number of carboxylic acid groups (broad SMARTS) is 1. The molecule has 0 saturated heterocycles. The number of rotatable bonds is 2. The van der Waals surface area contributed by atoms with Gasteiger partial charge in [-0.05, 0) is 24.3 Å². The molecular weight excluding hydrogens is 242 g/mol. The first-order valence-electron chi connectivity index (χ1n) is 5.65. The Labute approximate surface area is 108 Å². The molecule has 0 spiro atoms. The van der Waals surface area contributed by atoms with E-state index in [1.54, 1.807) is 42.7 Å². The largest absolute Gasteiger partial charge is 0.478 e. The quantitative estimate of drug-likeness (QED) is 0.756. The summed E-state index contributed by atoms with van der Waals surface area (Å²) in [5.41, 5.74) is 3.07. The van der Waals surface area contributed by atoms with Crippen LogP contribution in [0.1, 0.15) is 10.4 Å². The van der Waals surface area contributed by atoms with Gasteiger partial charge in [0, 0.05) is 11.8 Å². The molecule has 0 saturated carbocycles. The Morgan fingerprint density at radius 2 is 1.84 bits per heavy atom. The van der Waals surface area contributed by atoms with Gasteiger partial charge in [-0.15, -0.1) is 0 Å². The van der Waals surface area contributed by atoms with E-state index in [0.29, 0.717) is 16.9 Å². The number of aromatic carboxylic acids is 1. The molecule has 0 aliphatic rings. The second kappa shape index (κ2) is 4.45. The van der Waals surface area contributed by atoms with Crippen LogP contribution in [0, 0.1) is 0 Å². The van der Waals surface area contributed by atoms with Crippen molar-refractivity contribution in [3.05, 3.63) is 54.4 Å². The molecule has 2 heterocycles. The molecule has 3 aromatic rings. The number of hydrogen-bond acceptors (Lipinski definition) is 4. The van der Waals surface area contributed by atoms with Crippen LogP contribution < -0.4 is 0 Å². The third kappa shape index (κ3) is 2.13. The van der Waals surface area contributed by atoms with Gasteiger partial charge in [-0.25, -0.2) is 19.7 Å². The summed E-state index contributed by atoms with van der Waals surface area (Å²) in [6.07, 6.45) is 3.30. The number of nitrogens with zero attached hydrogens (tertiary/aromatic N) is 3. The van der Waals surface area contributed by atoms with E-state index in [0.717, 1.165) is 5.56 Å². The fraction of sp³-hybridized carbons (Fsp3) is 0. The lowest BCUT2D eigenvalue weighted by Gasteiger charge is -2.02. The van der Waals surface area contributed by atoms with E-state index in [2.05, 4.69) is 15.0 Å². The zero-order chi connectivity index (χ0) is 13.2. The summed E-state index contributed by atoms with van der Waals surface area (Å²) in [4.78, 5) is 23.6. The summed E-state index contributed by atoms with van der Waals surface area (Å²) in [5, 5.41) is 8.85. The van der Waals surface area contributed by atoms with Crippen LogP contribution in [0.15, 0.2) is 48.8 Å². The van der Waals surface area contributed by atoms with Crippen LogP contribution in [0.2, 0.25) is 0 Å². The van der Waals surface area contributed by atoms with Gasteiger partial charge in [0.25, 0.3) is 0 Å². The van der Waals surface area contributed by atoms with Crippen molar-refractivity contribution in [2.75, 3.05) is 0 Å². The van der Waals surface area contributed by atoms with E-state index in [4.69, 9.17) is 5.11 Å². The molecule has 5 heteroatoms. The van der Waals surface area contributed by atoms with Gasteiger partial charge in [-0.1, -0.05) is 12.1 Å². The molecular formula is C14H9N3O2. The molecule has 0 aliphatic carbocycles. The van der Waals surface area contributed by atoms with E-state index in [1.165, 1.54) is 0 Å². The van der Waals surface area contributed by atoms with E-state index in [9.17, 15) is 4.79 Å². The van der Waals surface area contributed by atoms with Gasteiger partial charge < -0.3 is 5.11 Å². The molecule has 1 aromatic carbocycles. The third-order valence-electron chi connectivity index (χ3n) is 2.74. The zero-order valence-corrected chi connectivity index (χ0v) is 9.82. The number of pyridine rings is 1. The first kappa shape index (κ1) is 11.3. The molecule has 2 aromatic heterocycles. The van der Waals surface area contributed by atoms with Crippen LogP contribution in [0.5, 0.6) is 0 Å². The highest BCUT2D eigenvalue weighted by Crippen LogP contribution is 2.18. The molecule has 0 radical (unpaired) electrons. The van der Waals surface area contributed by atoms with Gasteiger partial charge in [-0.3, -0.25) is 0 Å². The number of benzene rings is 1. The topological polar surface area (TPSA) is 76.0 Å². The SMILES string of the molecule is O=C(O)c1ccc(-c2cnc3ncccc3n2)cc1. The van der Waals surface area contributed by atoms with Gasteiger partial charge >= 0.3 is 5.97 Å². The summed E-state index contributed by atoms with van der Waals surface area (Å²) >= 11 is 0. The fourth-order valence-electron chi connectivity index (χ4n) is 1.78. The summed E-state index contributed by atoms with van der Waals surface area (Å²) in [7, 11) is 0. The highest BCUT2D eigenvalue weighted by atomic mass is 16.4. The zero-order valence-electron chi connectivity index (χ0n) is 9.82. The van der Waals surface area contributed by atoms with Crippen molar-refractivity contribution >= 4 is 17.1 Å². The molecule has 0 unspecified atom stereocenters. The average Bonchev–Trinajstić information content (AvgIpc) is 2.47. The van der Waals surface area contributed by atoms with Crippen LogP contribution in [-0.4, -0.2) is 26.0 Å². The molecule has 0 bridgehead atoms. The van der Waals surface area contributed by atoms with E-state index < -0.39 is 5.97 Å². The van der Waals surface area contributed by atoms with Gasteiger partial charge in [0.15, 0.2) is 5.65 Å². The summed E-state index contributed by atoms with van der Waals surface area (Å²) in [6.45, 7) is 0. The Morgan fingerprint density at radius 3 is 2.58 bits per heavy atom. The highest BCUT2D eigenvalue weighted by Gasteiger charge is 2.05. The predicted octanol–water partition coefficient (Wildman–Crippen LogP) is 2.39. The van der Waals surface area contributed by atoms with Crippen LogP contribution in [0.3, 0.4) is 0 Å². The van der Waals surface area contributed by atoms with Gasteiger partial charge in [-0.2, -0.15) is 0 Å². The summed E-state index contributed by atoms with van der Waals surface area (Å²) < 4.78 is 0. The van der Waals surface area contributed by atoms with Crippen LogP contribution >= 0.6 is 0 Å². The molecule has 0 fully saturated rings. The van der Waals surface area contributed by atoms with E-state index >= 15 is 0 Å². The minimum Gasteiger partial charge on any atom is -0.478 e. The summed E-state index contributed by atoms with van der Waals surface area (Å²) in [6, 6.07) is 10.2. The lowest BCUT2D eigenvalue weighted by molar-refractivity contribution is 0.0697. The maximum absolute atomic E-state index is 10.8. The van der Waals surface area contributed by atoms with Crippen molar-refractivity contribution in [1.82, 2.24) is 15.0 Å². The number of carbonyl (C=O) groups is 1. The number of hydrogen-bond donors (Lipinski definition) is 1. The second-order valence-electron chi connectivity index (χ2n) is 3.98. The van der Waals surface area contributed by atoms with Crippen molar-refractivity contribution < 1.29 is 9.90 Å². The van der Waals surface area contributed by atoms with Crippen molar-refractivity contribution in [3.8, 4) is 11.3 Å². The van der Waals surface area contributed by atoms with Crippen LogP contribution in [0.4, 0.5) is 0 Å². The fourth-order valence-corrected chi connectivity index (χ4v) is 1.78. The van der Waals surface area contributed by atoms with Gasteiger partial charge in [0.1, 0.15) is 5.52 Å². The number of carboxylic acids is 1. The summed E-state index contributed by atoms with van der Waals surface area (Å²) in [5.74, 6) is -0.944. The van der Waals surface area contributed by atoms with Gasteiger partial charge in [0.2, 0.25) is 0 Å². The first-order valence-corrected chi connectivity index (χ1v) is 5.65. The highest BCUT2D eigenvalue weighted by molar-refractivity contribution is 5.88. The Kier molecular flexibility index (Phi) is 2.64. The van der Waals surface area contributed by atoms with Crippen LogP contribution in [0.25, 0.3) is 22.4 Å².